The van der Waals surface area contributed by atoms with E-state index in [0.29, 0.717) is 5.02 Å². The van der Waals surface area contributed by atoms with Crippen LogP contribution in [0.15, 0.2) is 36.4 Å². The summed E-state index contributed by atoms with van der Waals surface area (Å²) in [6, 6.07) is 11.9. The predicted molar refractivity (Wildman–Crippen MR) is 146 cm³/mol. The van der Waals surface area contributed by atoms with Gasteiger partial charge in [0.25, 0.3) is 0 Å². The zero-order chi connectivity index (χ0) is 24.2. The number of pyridine rings is 1. The summed E-state index contributed by atoms with van der Waals surface area (Å²) in [4.78, 5) is 7.39. The molecule has 0 atom stereocenters. The molecule has 0 aliphatic carbocycles. The standard InChI is InChI=1S/C27H40ClN5O/c1-34-22-10-12-25-24(20-22)27(23-11-9-21(28)19-26(23)32-25)31-15-5-2-6-16-33(17-7-3-13-29)18-8-4-14-30/h9-12,19-20H,2-8,13-18,29-30H2,1H3,(H,31,32). The van der Waals surface area contributed by atoms with Crippen molar-refractivity contribution >= 4 is 39.1 Å². The van der Waals surface area contributed by atoms with Gasteiger partial charge in [0.2, 0.25) is 0 Å². The summed E-state index contributed by atoms with van der Waals surface area (Å²) in [7, 11) is 1.69. The molecule has 0 saturated heterocycles. The topological polar surface area (TPSA) is 89.4 Å². The SMILES string of the molecule is COc1ccc2nc3cc(Cl)ccc3c(NCCCCCN(CCCCN)CCCCN)c2c1. The molecule has 2 aromatic carbocycles. The minimum absolute atomic E-state index is 0.696. The molecule has 0 amide bonds. The summed E-state index contributed by atoms with van der Waals surface area (Å²) in [5.41, 5.74) is 14.3. The van der Waals surface area contributed by atoms with Crippen LogP contribution in [-0.2, 0) is 0 Å². The molecule has 0 spiro atoms. The molecule has 0 aliphatic rings. The predicted octanol–water partition coefficient (Wildman–Crippen LogP) is 5.41. The number of aromatic nitrogens is 1. The van der Waals surface area contributed by atoms with Crippen molar-refractivity contribution in [1.82, 2.24) is 9.88 Å². The summed E-state index contributed by atoms with van der Waals surface area (Å²) < 4.78 is 5.46. The number of hydrogen-bond donors (Lipinski definition) is 3. The lowest BCUT2D eigenvalue weighted by Crippen LogP contribution is -2.28. The highest BCUT2D eigenvalue weighted by Gasteiger charge is 2.11. The van der Waals surface area contributed by atoms with E-state index in [0.717, 1.165) is 91.8 Å². The van der Waals surface area contributed by atoms with Crippen molar-refractivity contribution in [2.75, 3.05) is 51.7 Å². The highest BCUT2D eigenvalue weighted by molar-refractivity contribution is 6.31. The number of ether oxygens (including phenoxy) is 1. The number of nitrogens with one attached hydrogen (secondary N) is 1. The van der Waals surface area contributed by atoms with Crippen LogP contribution in [0.4, 0.5) is 5.69 Å². The molecule has 186 valence electrons. The van der Waals surface area contributed by atoms with E-state index >= 15 is 0 Å². The summed E-state index contributed by atoms with van der Waals surface area (Å²) in [5, 5.41) is 6.54. The van der Waals surface area contributed by atoms with Crippen LogP contribution in [0.25, 0.3) is 21.8 Å². The lowest BCUT2D eigenvalue weighted by molar-refractivity contribution is 0.258. The minimum atomic E-state index is 0.696. The average Bonchev–Trinajstić information content (AvgIpc) is 2.84. The molecular weight excluding hydrogens is 446 g/mol. The lowest BCUT2D eigenvalue weighted by Gasteiger charge is -2.22. The second kappa shape index (κ2) is 14.3. The third-order valence-electron chi connectivity index (χ3n) is 6.25. The van der Waals surface area contributed by atoms with Gasteiger partial charge < -0.3 is 26.4 Å². The Bertz CT molecular complexity index is 1020. The Hall–Kier alpha value is -2.12. The van der Waals surface area contributed by atoms with Crippen molar-refractivity contribution in [3.63, 3.8) is 0 Å². The smallest absolute Gasteiger partial charge is 0.119 e. The third kappa shape index (κ3) is 7.70. The van der Waals surface area contributed by atoms with Gasteiger partial charge in [0.05, 0.1) is 23.8 Å². The summed E-state index contributed by atoms with van der Waals surface area (Å²) >= 11 is 6.24. The Morgan fingerprint density at radius 3 is 2.21 bits per heavy atom. The number of hydrogen-bond acceptors (Lipinski definition) is 6. The molecule has 34 heavy (non-hydrogen) atoms. The first kappa shape index (κ1) is 26.5. The Kier molecular flexibility index (Phi) is 11.2. The van der Waals surface area contributed by atoms with Gasteiger partial charge in [-0.15, -0.1) is 0 Å². The van der Waals surface area contributed by atoms with Crippen molar-refractivity contribution in [1.29, 1.82) is 0 Å². The van der Waals surface area contributed by atoms with Gasteiger partial charge in [0, 0.05) is 22.3 Å². The van der Waals surface area contributed by atoms with E-state index in [1.165, 1.54) is 25.7 Å². The van der Waals surface area contributed by atoms with Crippen molar-refractivity contribution in [3.8, 4) is 5.75 Å². The normalized spacial score (nSPS) is 11.6. The molecule has 3 aromatic rings. The quantitative estimate of drug-likeness (QED) is 0.185. The number of unbranched alkanes of at least 4 members (excludes halogenated alkanes) is 4. The van der Waals surface area contributed by atoms with E-state index < -0.39 is 0 Å². The monoisotopic (exact) mass is 485 g/mol. The molecule has 0 radical (unpaired) electrons. The maximum atomic E-state index is 6.24. The maximum absolute atomic E-state index is 6.24. The van der Waals surface area contributed by atoms with Crippen molar-refractivity contribution < 1.29 is 4.74 Å². The highest BCUT2D eigenvalue weighted by Crippen LogP contribution is 2.34. The molecule has 7 heteroatoms. The van der Waals surface area contributed by atoms with Crippen LogP contribution >= 0.6 is 11.6 Å². The van der Waals surface area contributed by atoms with Crippen molar-refractivity contribution in [2.45, 2.75) is 44.9 Å². The fourth-order valence-electron chi connectivity index (χ4n) is 4.36. The Morgan fingerprint density at radius 1 is 0.824 bits per heavy atom. The summed E-state index contributed by atoms with van der Waals surface area (Å²) in [5.74, 6) is 0.829. The maximum Gasteiger partial charge on any atom is 0.119 e. The molecule has 1 aromatic heterocycles. The number of benzene rings is 2. The van der Waals surface area contributed by atoms with Crippen LogP contribution in [0, 0.1) is 0 Å². The summed E-state index contributed by atoms with van der Waals surface area (Å²) in [6.45, 7) is 5.89. The molecule has 5 N–H and O–H groups in total. The number of fused-ring (bicyclic) bond motifs is 2. The summed E-state index contributed by atoms with van der Waals surface area (Å²) in [6.07, 6.45) is 8.05. The van der Waals surface area contributed by atoms with E-state index in [2.05, 4.69) is 16.3 Å². The Morgan fingerprint density at radius 2 is 1.53 bits per heavy atom. The van der Waals surface area contributed by atoms with Crippen LogP contribution in [0.3, 0.4) is 0 Å². The first-order valence-electron chi connectivity index (χ1n) is 12.6. The van der Waals surface area contributed by atoms with Gasteiger partial charge >= 0.3 is 0 Å². The van der Waals surface area contributed by atoms with Crippen LogP contribution in [0.5, 0.6) is 5.75 Å². The van der Waals surface area contributed by atoms with E-state index in [4.69, 9.17) is 32.8 Å². The van der Waals surface area contributed by atoms with Crippen LogP contribution in [-0.4, -0.2) is 56.3 Å². The van der Waals surface area contributed by atoms with E-state index in [9.17, 15) is 0 Å². The average molecular weight is 486 g/mol. The molecule has 0 unspecified atom stereocenters. The Balaban J connectivity index is 1.58. The molecule has 0 fully saturated rings. The van der Waals surface area contributed by atoms with Gasteiger partial charge in [-0.3, -0.25) is 0 Å². The number of rotatable bonds is 16. The van der Waals surface area contributed by atoms with Gasteiger partial charge in [-0.05, 0) is 108 Å². The van der Waals surface area contributed by atoms with Gasteiger partial charge in [0.15, 0.2) is 0 Å². The van der Waals surface area contributed by atoms with Gasteiger partial charge in [-0.2, -0.15) is 0 Å². The molecular formula is C27H40ClN5O. The first-order valence-corrected chi connectivity index (χ1v) is 13.0. The zero-order valence-corrected chi connectivity index (χ0v) is 21.2. The molecule has 0 bridgehead atoms. The van der Waals surface area contributed by atoms with Crippen molar-refractivity contribution in [3.05, 3.63) is 41.4 Å². The molecule has 3 rings (SSSR count). The molecule has 6 nitrogen and oxygen atoms in total. The number of halogens is 1. The highest BCUT2D eigenvalue weighted by atomic mass is 35.5. The second-order valence-corrected chi connectivity index (χ2v) is 9.29. The van der Waals surface area contributed by atoms with Gasteiger partial charge in [-0.1, -0.05) is 18.0 Å². The second-order valence-electron chi connectivity index (χ2n) is 8.85. The van der Waals surface area contributed by atoms with Crippen LogP contribution < -0.4 is 21.5 Å². The van der Waals surface area contributed by atoms with E-state index in [1.54, 1.807) is 7.11 Å². The minimum Gasteiger partial charge on any atom is -0.497 e. The lowest BCUT2D eigenvalue weighted by atomic mass is 10.1. The van der Waals surface area contributed by atoms with Gasteiger partial charge in [-0.25, -0.2) is 4.98 Å². The van der Waals surface area contributed by atoms with Crippen molar-refractivity contribution in [2.24, 2.45) is 11.5 Å². The fraction of sp³-hybridized carbons (Fsp3) is 0.519. The fourth-order valence-corrected chi connectivity index (χ4v) is 4.53. The number of nitrogens with zero attached hydrogens (tertiary/aromatic N) is 2. The number of methoxy groups -OCH3 is 1. The van der Waals surface area contributed by atoms with Crippen LogP contribution in [0.2, 0.25) is 5.02 Å². The Labute approximate surface area is 209 Å². The number of anilines is 1. The third-order valence-corrected chi connectivity index (χ3v) is 6.49. The zero-order valence-electron chi connectivity index (χ0n) is 20.5. The molecule has 0 saturated carbocycles. The van der Waals surface area contributed by atoms with E-state index in [1.807, 2.05) is 30.3 Å². The van der Waals surface area contributed by atoms with Gasteiger partial charge in [0.1, 0.15) is 5.75 Å². The molecule has 0 aliphatic heterocycles. The number of nitrogens with two attached hydrogens (primary N) is 2. The van der Waals surface area contributed by atoms with Crippen LogP contribution in [0.1, 0.15) is 44.9 Å². The first-order chi connectivity index (χ1) is 16.7. The van der Waals surface area contributed by atoms with E-state index in [-0.39, 0.29) is 0 Å². The molecule has 1 heterocycles. The largest absolute Gasteiger partial charge is 0.497 e.